The fraction of sp³-hybridized carbons (Fsp3) is 0.410. The van der Waals surface area contributed by atoms with Crippen LogP contribution in [0.2, 0.25) is 0 Å². The van der Waals surface area contributed by atoms with E-state index in [2.05, 4.69) is 109 Å². The van der Waals surface area contributed by atoms with E-state index < -0.39 is 30.1 Å². The first-order valence-corrected chi connectivity index (χ1v) is 15.7. The summed E-state index contributed by atoms with van der Waals surface area (Å²) in [7, 11) is -0.448. The summed E-state index contributed by atoms with van der Waals surface area (Å²) < 4.78 is 31.3. The van der Waals surface area contributed by atoms with Gasteiger partial charge >= 0.3 is 7.12 Å². The fourth-order valence-corrected chi connectivity index (χ4v) is 6.12. The topological polar surface area (TPSA) is 31.4 Å². The molecule has 4 heteroatoms. The van der Waals surface area contributed by atoms with Crippen LogP contribution in [0.1, 0.15) is 105 Å². The third-order valence-electron chi connectivity index (χ3n) is 9.67. The van der Waals surface area contributed by atoms with Crippen molar-refractivity contribution in [2.75, 3.05) is 0 Å². The Morgan fingerprint density at radius 1 is 0.698 bits per heavy atom. The lowest BCUT2D eigenvalue weighted by molar-refractivity contribution is 0.00578. The third-order valence-corrected chi connectivity index (χ3v) is 9.67. The van der Waals surface area contributed by atoms with E-state index in [-0.39, 0.29) is 5.41 Å². The van der Waals surface area contributed by atoms with Crippen LogP contribution in [0.5, 0.6) is 0 Å². The molecule has 1 saturated carbocycles. The van der Waals surface area contributed by atoms with Gasteiger partial charge in [0.15, 0.2) is 0 Å². The minimum Gasteiger partial charge on any atom is -0.399 e. The van der Waals surface area contributed by atoms with Gasteiger partial charge in [-0.2, -0.15) is 0 Å². The summed E-state index contributed by atoms with van der Waals surface area (Å²) >= 11 is 0. The van der Waals surface area contributed by atoms with Gasteiger partial charge in [0.25, 0.3) is 0 Å². The minimum absolute atomic E-state index is 0.0616. The van der Waals surface area contributed by atoms with Crippen molar-refractivity contribution in [1.29, 1.82) is 0 Å². The second-order valence-electron chi connectivity index (χ2n) is 14.3. The zero-order valence-electron chi connectivity index (χ0n) is 28.8. The molecule has 43 heavy (non-hydrogen) atoms. The van der Waals surface area contributed by atoms with Crippen molar-refractivity contribution < 1.29 is 12.1 Å². The summed E-state index contributed by atoms with van der Waals surface area (Å²) in [6.45, 7) is 15.0. The Kier molecular flexibility index (Phi) is 7.24. The molecule has 1 aromatic heterocycles. The van der Waals surface area contributed by atoms with Gasteiger partial charge in [0, 0.05) is 14.5 Å². The van der Waals surface area contributed by atoms with Gasteiger partial charge in [0.1, 0.15) is 0 Å². The predicted octanol–water partition coefficient (Wildman–Crippen LogP) is 9.45. The molecule has 4 aromatic rings. The molecule has 2 aliphatic rings. The van der Waals surface area contributed by atoms with Crippen molar-refractivity contribution in [3.8, 4) is 22.4 Å². The molecular weight excluding hydrogens is 525 g/mol. The highest BCUT2D eigenvalue weighted by atomic mass is 16.7. The van der Waals surface area contributed by atoms with Gasteiger partial charge in [-0.05, 0) is 122 Å². The minimum atomic E-state index is -0.668. The van der Waals surface area contributed by atoms with Crippen molar-refractivity contribution >= 4 is 12.6 Å². The highest BCUT2D eigenvalue weighted by Gasteiger charge is 2.51. The first-order chi connectivity index (χ1) is 21.1. The molecule has 2 heterocycles. The van der Waals surface area contributed by atoms with Crippen molar-refractivity contribution in [1.82, 2.24) is 4.98 Å². The Labute approximate surface area is 262 Å². The lowest BCUT2D eigenvalue weighted by atomic mass is 9.74. The molecule has 0 unspecified atom stereocenters. The molecule has 0 N–H and O–H groups in total. The maximum atomic E-state index is 9.32. The van der Waals surface area contributed by atoms with Crippen LogP contribution in [-0.2, 0) is 14.7 Å². The number of benzene rings is 3. The summed E-state index contributed by atoms with van der Waals surface area (Å²) in [5, 5.41) is 0. The number of hydrogen-bond donors (Lipinski definition) is 0. The molecule has 3 aromatic carbocycles. The van der Waals surface area contributed by atoms with E-state index in [0.717, 1.165) is 39.0 Å². The number of aromatic nitrogens is 1. The maximum absolute atomic E-state index is 9.32. The zero-order chi connectivity index (χ0) is 32.3. The van der Waals surface area contributed by atoms with Crippen LogP contribution in [-0.4, -0.2) is 23.3 Å². The zero-order valence-corrected chi connectivity index (χ0v) is 26.8. The van der Waals surface area contributed by atoms with Crippen LogP contribution in [0.25, 0.3) is 22.4 Å². The van der Waals surface area contributed by atoms with E-state index in [9.17, 15) is 1.37 Å². The average molecular weight is 574 g/mol. The molecule has 0 bridgehead atoms. The van der Waals surface area contributed by atoms with Gasteiger partial charge in [0.2, 0.25) is 0 Å². The Morgan fingerprint density at radius 3 is 1.86 bits per heavy atom. The highest BCUT2D eigenvalue weighted by molar-refractivity contribution is 6.62. The standard InChI is InChI=1S/C39H46BNO2/c1-37(2,3)34-23-33(24-35(26-34)40-42-38(4,5)39(6,7)43-40)36-25-32(21-22-41-36)31-19-17-30(18-20-31)29-15-13-28(14-16-29)27-11-9-8-10-12-27/h8-12,17-26,28-29H,13-16H2,1-7H3/i28D,29D. The van der Waals surface area contributed by atoms with E-state index in [0.29, 0.717) is 25.7 Å². The third kappa shape index (κ3) is 6.23. The van der Waals surface area contributed by atoms with E-state index in [1.54, 1.807) is 0 Å². The van der Waals surface area contributed by atoms with E-state index in [4.69, 9.17) is 15.7 Å². The SMILES string of the molecule is [2H]C1(c2ccccc2)CCC([2H])(c2ccc(-c3ccnc(-c4cc(B5OC(C)(C)C(C)(C)O5)cc(C(C)(C)C)c4)c3)cc2)CC1. The van der Waals surface area contributed by atoms with Crippen LogP contribution < -0.4 is 5.46 Å². The average Bonchev–Trinajstić information content (AvgIpc) is 3.25. The van der Waals surface area contributed by atoms with Crippen LogP contribution in [0.15, 0.2) is 91.1 Å². The maximum Gasteiger partial charge on any atom is 0.494 e. The van der Waals surface area contributed by atoms with Crippen LogP contribution in [0.3, 0.4) is 0 Å². The second kappa shape index (κ2) is 11.4. The molecule has 1 aliphatic heterocycles. The first kappa shape index (κ1) is 27.4. The summed E-state index contributed by atoms with van der Waals surface area (Å²) in [5.74, 6) is -1.27. The molecule has 1 aliphatic carbocycles. The molecule has 222 valence electrons. The molecule has 3 nitrogen and oxygen atoms in total. The van der Waals surface area contributed by atoms with E-state index in [1.165, 1.54) is 5.56 Å². The summed E-state index contributed by atoms with van der Waals surface area (Å²) in [5.41, 5.74) is 7.53. The van der Waals surface area contributed by atoms with Gasteiger partial charge < -0.3 is 9.31 Å². The predicted molar refractivity (Wildman–Crippen MR) is 180 cm³/mol. The van der Waals surface area contributed by atoms with Gasteiger partial charge in [-0.25, -0.2) is 0 Å². The molecule has 0 radical (unpaired) electrons. The Bertz CT molecular complexity index is 1650. The van der Waals surface area contributed by atoms with Gasteiger partial charge in [0.05, 0.1) is 16.9 Å². The Hall–Kier alpha value is -3.21. The summed E-state index contributed by atoms with van der Waals surface area (Å²) in [6.07, 6.45) is 4.62. The van der Waals surface area contributed by atoms with E-state index in [1.807, 2.05) is 30.5 Å². The molecule has 6 rings (SSSR count). The Morgan fingerprint density at radius 2 is 1.28 bits per heavy atom. The van der Waals surface area contributed by atoms with Crippen molar-refractivity contribution in [2.24, 2.45) is 0 Å². The van der Waals surface area contributed by atoms with E-state index >= 15 is 0 Å². The number of rotatable bonds is 5. The quantitative estimate of drug-likeness (QED) is 0.223. The second-order valence-corrected chi connectivity index (χ2v) is 14.3. The monoisotopic (exact) mass is 573 g/mol. The first-order valence-electron chi connectivity index (χ1n) is 16.7. The number of pyridine rings is 1. The molecule has 2 fully saturated rings. The van der Waals surface area contributed by atoms with Gasteiger partial charge in [-0.1, -0.05) is 87.5 Å². The Balaban J connectivity index is 1.26. The fourth-order valence-electron chi connectivity index (χ4n) is 6.12. The molecular formula is C39H46BNO2. The lowest BCUT2D eigenvalue weighted by Crippen LogP contribution is -2.41. The molecule has 0 spiro atoms. The van der Waals surface area contributed by atoms with Gasteiger partial charge in [-0.3, -0.25) is 4.98 Å². The van der Waals surface area contributed by atoms with Gasteiger partial charge in [-0.15, -0.1) is 0 Å². The lowest BCUT2D eigenvalue weighted by Gasteiger charge is -2.32. The highest BCUT2D eigenvalue weighted by Crippen LogP contribution is 2.41. The van der Waals surface area contributed by atoms with Crippen molar-refractivity contribution in [3.63, 3.8) is 0 Å². The summed E-state index contributed by atoms with van der Waals surface area (Å²) in [4.78, 5) is 4.79. The van der Waals surface area contributed by atoms with Crippen LogP contribution in [0, 0.1) is 0 Å². The number of hydrogen-bond acceptors (Lipinski definition) is 3. The summed E-state index contributed by atoms with van der Waals surface area (Å²) in [6, 6.07) is 29.4. The van der Waals surface area contributed by atoms with Crippen LogP contribution >= 0.6 is 0 Å². The smallest absolute Gasteiger partial charge is 0.399 e. The normalized spacial score (nSPS) is 25.7. The number of nitrogens with zero attached hydrogens (tertiary/aromatic N) is 1. The molecule has 0 amide bonds. The van der Waals surface area contributed by atoms with Crippen molar-refractivity contribution in [3.05, 3.63) is 108 Å². The largest absolute Gasteiger partial charge is 0.494 e. The van der Waals surface area contributed by atoms with Crippen molar-refractivity contribution in [2.45, 2.75) is 103 Å². The molecule has 1 saturated heterocycles. The van der Waals surface area contributed by atoms with Crippen LogP contribution in [0.4, 0.5) is 0 Å². The molecule has 0 atom stereocenters.